The number of hydrogen-bond donors (Lipinski definition) is 1. The lowest BCUT2D eigenvalue weighted by Crippen LogP contribution is -2.47. The SMILES string of the molecule is CN(CC(C)(C)N)C1CCS(=O)(=O)C1. The van der Waals surface area contributed by atoms with E-state index in [0.717, 1.165) is 13.0 Å². The number of nitrogens with two attached hydrogens (primary N) is 1. The summed E-state index contributed by atoms with van der Waals surface area (Å²) >= 11 is 0. The van der Waals surface area contributed by atoms with Crippen LogP contribution in [0.4, 0.5) is 0 Å². The molecule has 0 aliphatic carbocycles. The summed E-state index contributed by atoms with van der Waals surface area (Å²) in [7, 11) is -0.834. The molecule has 1 aliphatic heterocycles. The lowest BCUT2D eigenvalue weighted by Gasteiger charge is -2.30. The third-order valence-corrected chi connectivity index (χ3v) is 4.24. The molecule has 0 aromatic rings. The third-order valence-electron chi connectivity index (χ3n) is 2.49. The van der Waals surface area contributed by atoms with E-state index in [4.69, 9.17) is 5.73 Å². The molecule has 1 rings (SSSR count). The molecule has 14 heavy (non-hydrogen) atoms. The Kier molecular flexibility index (Phi) is 3.23. The summed E-state index contributed by atoms with van der Waals surface area (Å²) < 4.78 is 22.5. The van der Waals surface area contributed by atoms with Crippen molar-refractivity contribution in [2.45, 2.75) is 31.8 Å². The largest absolute Gasteiger partial charge is 0.324 e. The lowest BCUT2D eigenvalue weighted by atomic mass is 10.1. The number of rotatable bonds is 3. The molecule has 1 aliphatic rings. The van der Waals surface area contributed by atoms with Crippen LogP contribution in [0, 0.1) is 0 Å². The Morgan fingerprint density at radius 1 is 1.50 bits per heavy atom. The van der Waals surface area contributed by atoms with Gasteiger partial charge >= 0.3 is 0 Å². The highest BCUT2D eigenvalue weighted by Gasteiger charge is 2.31. The fourth-order valence-electron chi connectivity index (χ4n) is 1.89. The van der Waals surface area contributed by atoms with Crippen LogP contribution in [-0.2, 0) is 9.84 Å². The minimum atomic E-state index is -2.78. The van der Waals surface area contributed by atoms with Gasteiger partial charge in [-0.3, -0.25) is 0 Å². The maximum atomic E-state index is 11.3. The fourth-order valence-corrected chi connectivity index (χ4v) is 3.70. The van der Waals surface area contributed by atoms with Crippen LogP contribution in [-0.4, -0.2) is 50.0 Å². The Labute approximate surface area is 86.4 Å². The Morgan fingerprint density at radius 2 is 2.07 bits per heavy atom. The number of nitrogens with zero attached hydrogens (tertiary/aromatic N) is 1. The zero-order valence-electron chi connectivity index (χ0n) is 9.16. The van der Waals surface area contributed by atoms with Gasteiger partial charge in [-0.25, -0.2) is 8.42 Å². The second-order valence-corrected chi connectivity index (χ2v) is 7.19. The molecular formula is C9H20N2O2S. The molecule has 1 fully saturated rings. The highest BCUT2D eigenvalue weighted by atomic mass is 32.2. The van der Waals surface area contributed by atoms with E-state index in [-0.39, 0.29) is 11.6 Å². The molecular weight excluding hydrogens is 200 g/mol. The van der Waals surface area contributed by atoms with E-state index >= 15 is 0 Å². The molecule has 0 radical (unpaired) electrons. The molecule has 0 amide bonds. The van der Waals surface area contributed by atoms with Crippen LogP contribution in [0.25, 0.3) is 0 Å². The van der Waals surface area contributed by atoms with Gasteiger partial charge in [-0.15, -0.1) is 0 Å². The van der Waals surface area contributed by atoms with Gasteiger partial charge in [-0.2, -0.15) is 0 Å². The standard InChI is InChI=1S/C9H20N2O2S/c1-9(2,10)7-11(3)8-4-5-14(12,13)6-8/h8H,4-7,10H2,1-3H3. The van der Waals surface area contributed by atoms with E-state index in [1.807, 2.05) is 20.9 Å². The van der Waals surface area contributed by atoms with Crippen molar-refractivity contribution in [3.05, 3.63) is 0 Å². The zero-order chi connectivity index (χ0) is 11.0. The van der Waals surface area contributed by atoms with Gasteiger partial charge in [-0.05, 0) is 27.3 Å². The van der Waals surface area contributed by atoms with Crippen molar-refractivity contribution in [2.24, 2.45) is 5.73 Å². The Morgan fingerprint density at radius 3 is 2.43 bits per heavy atom. The van der Waals surface area contributed by atoms with E-state index in [1.165, 1.54) is 0 Å². The minimum absolute atomic E-state index is 0.155. The van der Waals surface area contributed by atoms with Crippen molar-refractivity contribution in [1.82, 2.24) is 4.90 Å². The molecule has 0 saturated carbocycles. The summed E-state index contributed by atoms with van der Waals surface area (Å²) in [6.07, 6.45) is 0.745. The van der Waals surface area contributed by atoms with Gasteiger partial charge in [0.15, 0.2) is 9.84 Å². The molecule has 0 spiro atoms. The van der Waals surface area contributed by atoms with Crippen LogP contribution in [0.3, 0.4) is 0 Å². The van der Waals surface area contributed by atoms with E-state index in [9.17, 15) is 8.42 Å². The summed E-state index contributed by atoms with van der Waals surface area (Å²) in [6, 6.07) is 0.155. The van der Waals surface area contributed by atoms with Gasteiger partial charge < -0.3 is 10.6 Å². The summed E-state index contributed by atoms with van der Waals surface area (Å²) in [5, 5.41) is 0. The van der Waals surface area contributed by atoms with Gasteiger partial charge in [0.05, 0.1) is 11.5 Å². The molecule has 0 aromatic heterocycles. The first-order valence-electron chi connectivity index (χ1n) is 4.89. The normalized spacial score (nSPS) is 27.1. The predicted octanol–water partition coefficient (Wildman–Crippen LogP) is -0.157. The number of sulfone groups is 1. The topological polar surface area (TPSA) is 63.4 Å². The van der Waals surface area contributed by atoms with E-state index in [2.05, 4.69) is 4.90 Å². The van der Waals surface area contributed by atoms with E-state index < -0.39 is 9.84 Å². The van der Waals surface area contributed by atoms with Crippen LogP contribution in [0.5, 0.6) is 0 Å². The Bertz CT molecular complexity index is 292. The third kappa shape index (κ3) is 3.55. The monoisotopic (exact) mass is 220 g/mol. The highest BCUT2D eigenvalue weighted by Crippen LogP contribution is 2.17. The maximum Gasteiger partial charge on any atom is 0.151 e. The highest BCUT2D eigenvalue weighted by molar-refractivity contribution is 7.91. The first-order chi connectivity index (χ1) is 6.20. The first-order valence-corrected chi connectivity index (χ1v) is 6.71. The smallest absolute Gasteiger partial charge is 0.151 e. The summed E-state index contributed by atoms with van der Waals surface area (Å²) in [5.74, 6) is 0.618. The average Bonchev–Trinajstić information content (AvgIpc) is 2.26. The van der Waals surface area contributed by atoms with Gasteiger partial charge in [0, 0.05) is 18.1 Å². The molecule has 0 bridgehead atoms. The van der Waals surface area contributed by atoms with Gasteiger partial charge in [0.25, 0.3) is 0 Å². The quantitative estimate of drug-likeness (QED) is 0.718. The van der Waals surface area contributed by atoms with Crippen molar-refractivity contribution in [1.29, 1.82) is 0 Å². The molecule has 1 unspecified atom stereocenters. The Balaban J connectivity index is 2.52. The molecule has 84 valence electrons. The lowest BCUT2D eigenvalue weighted by molar-refractivity contribution is 0.217. The Hall–Kier alpha value is -0.130. The fraction of sp³-hybridized carbons (Fsp3) is 1.00. The summed E-state index contributed by atoms with van der Waals surface area (Å²) in [4.78, 5) is 2.06. The molecule has 1 heterocycles. The summed E-state index contributed by atoms with van der Waals surface area (Å²) in [5.41, 5.74) is 5.62. The van der Waals surface area contributed by atoms with Gasteiger partial charge in [0.1, 0.15) is 0 Å². The predicted molar refractivity (Wildman–Crippen MR) is 58.0 cm³/mol. The molecule has 2 N–H and O–H groups in total. The van der Waals surface area contributed by atoms with Crippen molar-refractivity contribution in [2.75, 3.05) is 25.1 Å². The number of hydrogen-bond acceptors (Lipinski definition) is 4. The second kappa shape index (κ2) is 3.79. The van der Waals surface area contributed by atoms with Gasteiger partial charge in [-0.1, -0.05) is 0 Å². The van der Waals surface area contributed by atoms with Crippen LogP contribution in [0.1, 0.15) is 20.3 Å². The van der Waals surface area contributed by atoms with E-state index in [0.29, 0.717) is 11.5 Å². The first kappa shape index (κ1) is 11.9. The number of likely N-dealkylation sites (N-methyl/N-ethyl adjacent to an activating group) is 1. The summed E-state index contributed by atoms with van der Waals surface area (Å²) in [6.45, 7) is 4.63. The van der Waals surface area contributed by atoms with Crippen LogP contribution < -0.4 is 5.73 Å². The zero-order valence-corrected chi connectivity index (χ0v) is 9.97. The minimum Gasteiger partial charge on any atom is -0.324 e. The molecule has 5 heteroatoms. The molecule has 1 saturated heterocycles. The van der Waals surface area contributed by atoms with Crippen molar-refractivity contribution < 1.29 is 8.42 Å². The molecule has 1 atom stereocenters. The van der Waals surface area contributed by atoms with Crippen LogP contribution in [0.15, 0.2) is 0 Å². The van der Waals surface area contributed by atoms with Crippen molar-refractivity contribution in [3.63, 3.8) is 0 Å². The molecule has 0 aromatic carbocycles. The maximum absolute atomic E-state index is 11.3. The van der Waals surface area contributed by atoms with Crippen LogP contribution >= 0.6 is 0 Å². The van der Waals surface area contributed by atoms with Crippen molar-refractivity contribution in [3.8, 4) is 0 Å². The van der Waals surface area contributed by atoms with E-state index in [1.54, 1.807) is 0 Å². The van der Waals surface area contributed by atoms with Crippen LogP contribution in [0.2, 0.25) is 0 Å². The van der Waals surface area contributed by atoms with Crippen molar-refractivity contribution >= 4 is 9.84 Å². The molecule has 4 nitrogen and oxygen atoms in total. The van der Waals surface area contributed by atoms with Gasteiger partial charge in [0.2, 0.25) is 0 Å². The average molecular weight is 220 g/mol. The second-order valence-electron chi connectivity index (χ2n) is 4.96.